The molecule has 1 atom stereocenters. The van der Waals surface area contributed by atoms with Crippen LogP contribution >= 0.6 is 0 Å². The summed E-state index contributed by atoms with van der Waals surface area (Å²) in [6, 6.07) is 67.9. The second-order valence-electron chi connectivity index (χ2n) is 19.0. The highest BCUT2D eigenvalue weighted by molar-refractivity contribution is 6.31. The van der Waals surface area contributed by atoms with Gasteiger partial charge in [-0.15, -0.1) is 0 Å². The molecule has 16 rings (SSSR count). The Labute approximate surface area is 394 Å². The van der Waals surface area contributed by atoms with Gasteiger partial charge in [-0.25, -0.2) is 9.97 Å². The van der Waals surface area contributed by atoms with E-state index < -0.39 is 0 Å². The minimum absolute atomic E-state index is 0.379. The number of para-hydroxylation sites is 3. The summed E-state index contributed by atoms with van der Waals surface area (Å²) < 4.78 is 9.91. The highest BCUT2D eigenvalue weighted by atomic mass is 15.2. The zero-order chi connectivity index (χ0) is 45.1. The third kappa shape index (κ3) is 4.89. The lowest BCUT2D eigenvalue weighted by atomic mass is 9.84. The van der Waals surface area contributed by atoms with Gasteiger partial charge in [0.15, 0.2) is 0 Å². The lowest BCUT2D eigenvalue weighted by molar-refractivity contribution is 0.722. The van der Waals surface area contributed by atoms with E-state index in [2.05, 4.69) is 224 Å². The summed E-state index contributed by atoms with van der Waals surface area (Å²) in [7, 11) is 0. The number of rotatable bonds is 2. The van der Waals surface area contributed by atoms with Crippen LogP contribution in [0.15, 0.2) is 201 Å². The van der Waals surface area contributed by atoms with E-state index in [0.717, 1.165) is 44.9 Å². The molecule has 0 aliphatic heterocycles. The minimum Gasteiger partial charge on any atom is -0.297 e. The molecule has 0 bridgehead atoms. The van der Waals surface area contributed by atoms with Gasteiger partial charge in [-0.3, -0.25) is 17.9 Å². The molecule has 3 aliphatic carbocycles. The van der Waals surface area contributed by atoms with E-state index in [9.17, 15) is 0 Å². The van der Waals surface area contributed by atoms with E-state index in [0.29, 0.717) is 5.92 Å². The summed E-state index contributed by atoms with van der Waals surface area (Å²) in [6.07, 6.45) is 9.35. The van der Waals surface area contributed by atoms with Gasteiger partial charge in [-0.2, -0.15) is 0 Å². The maximum Gasteiger partial charge on any atom is 0.123 e. The van der Waals surface area contributed by atoms with Gasteiger partial charge in [-0.1, -0.05) is 140 Å². The van der Waals surface area contributed by atoms with Crippen LogP contribution < -0.4 is 0 Å². The van der Waals surface area contributed by atoms with Gasteiger partial charge in [0.05, 0.1) is 39.0 Å². The van der Waals surface area contributed by atoms with Crippen LogP contribution in [0.25, 0.3) is 137 Å². The SMILES string of the molecule is CC1CC=Cc2c1n(-c1ccc3cc4n(-c5ccc6c7cccc8c7-c7c(cccc7c7ncncc7c7ccccc87)c7ccccc7c6c5)c5ccccc5n4c3c1)c1cc3ccccc3n21. The Morgan fingerprint density at radius 1 is 0.435 bits per heavy atom. The van der Waals surface area contributed by atoms with Crippen molar-refractivity contribution in [3.05, 3.63) is 212 Å². The van der Waals surface area contributed by atoms with E-state index in [-0.39, 0.29) is 0 Å². The van der Waals surface area contributed by atoms with Crippen LogP contribution in [0.4, 0.5) is 0 Å². The Morgan fingerprint density at radius 3 is 1.77 bits per heavy atom. The topological polar surface area (TPSA) is 44.5 Å². The fourth-order valence-corrected chi connectivity index (χ4v) is 12.6. The number of imidazole rings is 2. The molecule has 0 fully saturated rings. The normalized spacial score (nSPS) is 14.2. The summed E-state index contributed by atoms with van der Waals surface area (Å²) in [5.41, 5.74) is 15.4. The van der Waals surface area contributed by atoms with E-state index >= 15 is 0 Å². The molecule has 3 aliphatic rings. The van der Waals surface area contributed by atoms with Crippen LogP contribution in [0.3, 0.4) is 0 Å². The van der Waals surface area contributed by atoms with Crippen LogP contribution in [0.1, 0.15) is 30.7 Å². The molecule has 69 heavy (non-hydrogen) atoms. The Balaban J connectivity index is 1.01. The van der Waals surface area contributed by atoms with Crippen LogP contribution in [0.2, 0.25) is 0 Å². The van der Waals surface area contributed by atoms with E-state index in [1.54, 1.807) is 6.33 Å². The van der Waals surface area contributed by atoms with E-state index in [1.807, 2.05) is 6.20 Å². The summed E-state index contributed by atoms with van der Waals surface area (Å²) in [4.78, 5) is 9.59. The van der Waals surface area contributed by atoms with Gasteiger partial charge >= 0.3 is 0 Å². The molecule has 6 nitrogen and oxygen atoms in total. The third-order valence-corrected chi connectivity index (χ3v) is 15.4. The van der Waals surface area contributed by atoms with Crippen molar-refractivity contribution >= 4 is 115 Å². The van der Waals surface area contributed by atoms with Crippen LogP contribution in [0, 0.1) is 0 Å². The molecule has 6 heteroatoms. The molecule has 322 valence electrons. The predicted octanol–water partition coefficient (Wildman–Crippen LogP) is 16.1. The average molecular weight is 881 g/mol. The Bertz CT molecular complexity index is 4780. The first-order valence-corrected chi connectivity index (χ1v) is 24.0. The highest BCUT2D eigenvalue weighted by Gasteiger charge is 2.27. The third-order valence-electron chi connectivity index (χ3n) is 15.4. The molecule has 13 aromatic rings. The molecule has 0 spiro atoms. The lowest BCUT2D eigenvalue weighted by Crippen LogP contribution is -2.07. The lowest BCUT2D eigenvalue weighted by Gasteiger charge is -2.19. The quantitative estimate of drug-likeness (QED) is 0.174. The number of aromatic nitrogens is 6. The molecular formula is C63H40N6. The molecule has 5 heterocycles. The Kier molecular flexibility index (Phi) is 7.29. The molecule has 0 saturated carbocycles. The second kappa shape index (κ2) is 13.6. The number of fused-ring (bicyclic) bond motifs is 20. The van der Waals surface area contributed by atoms with Crippen molar-refractivity contribution in [3.63, 3.8) is 0 Å². The number of nitrogens with zero attached hydrogens (tertiary/aromatic N) is 6. The number of hydrogen-bond acceptors (Lipinski definition) is 2. The monoisotopic (exact) mass is 880 g/mol. The fourth-order valence-electron chi connectivity index (χ4n) is 12.6. The van der Waals surface area contributed by atoms with Crippen molar-refractivity contribution in [2.24, 2.45) is 0 Å². The van der Waals surface area contributed by atoms with E-state index in [1.165, 1.54) is 104 Å². The molecule has 5 aromatic heterocycles. The average Bonchev–Trinajstić information content (AvgIpc) is 4.14. The van der Waals surface area contributed by atoms with Gasteiger partial charge in [0, 0.05) is 50.6 Å². The summed E-state index contributed by atoms with van der Waals surface area (Å²) in [5, 5.41) is 15.3. The predicted molar refractivity (Wildman–Crippen MR) is 288 cm³/mol. The van der Waals surface area contributed by atoms with E-state index in [4.69, 9.17) is 4.98 Å². The highest BCUT2D eigenvalue weighted by Crippen LogP contribution is 2.47. The maximum absolute atomic E-state index is 5.03. The van der Waals surface area contributed by atoms with Crippen molar-refractivity contribution in [2.75, 3.05) is 0 Å². The first-order valence-electron chi connectivity index (χ1n) is 24.0. The largest absolute Gasteiger partial charge is 0.297 e. The number of hydrogen-bond donors (Lipinski definition) is 0. The standard InChI is InChI=1S/C63H40N6/c1-37-13-10-26-56-63(37)67(59-31-38-14-2-7-23-53(38)68(56)59)41-28-27-39-32-58-66(54-24-8-9-25-55(54)69(58)57(39)34-41)40-29-30-46-49-20-11-19-47-43-16-4-6-18-45(43)52-35-64-36-65-62(52)50-22-12-21-48(61(50)60(47)49)42-15-3-5-17-44(42)51(46)33-40/h2-12,14-37H,13H2,1H3. The molecule has 0 amide bonds. The first-order chi connectivity index (χ1) is 34.2. The summed E-state index contributed by atoms with van der Waals surface area (Å²) in [6.45, 7) is 2.36. The second-order valence-corrected chi connectivity index (χ2v) is 19.0. The minimum atomic E-state index is 0.379. The zero-order valence-corrected chi connectivity index (χ0v) is 37.6. The van der Waals surface area contributed by atoms with Crippen molar-refractivity contribution in [3.8, 4) is 22.5 Å². The first kappa shape index (κ1) is 37.1. The molecule has 8 aromatic carbocycles. The van der Waals surface area contributed by atoms with Gasteiger partial charge < -0.3 is 0 Å². The molecule has 0 N–H and O–H groups in total. The Morgan fingerprint density at radius 2 is 1.00 bits per heavy atom. The van der Waals surface area contributed by atoms with Crippen LogP contribution in [-0.4, -0.2) is 27.9 Å². The summed E-state index contributed by atoms with van der Waals surface area (Å²) >= 11 is 0. The molecule has 0 saturated heterocycles. The smallest absolute Gasteiger partial charge is 0.123 e. The van der Waals surface area contributed by atoms with Gasteiger partial charge in [0.1, 0.15) is 17.6 Å². The molecular weight excluding hydrogens is 841 g/mol. The van der Waals surface area contributed by atoms with Gasteiger partial charge in [0.25, 0.3) is 0 Å². The summed E-state index contributed by atoms with van der Waals surface area (Å²) in [5.74, 6) is 0.379. The van der Waals surface area contributed by atoms with Crippen molar-refractivity contribution in [2.45, 2.75) is 19.3 Å². The maximum atomic E-state index is 5.03. The Hall–Kier alpha value is -9.00. The van der Waals surface area contributed by atoms with Crippen LogP contribution in [-0.2, 0) is 0 Å². The number of benzene rings is 8. The van der Waals surface area contributed by atoms with Crippen molar-refractivity contribution in [1.29, 1.82) is 0 Å². The van der Waals surface area contributed by atoms with Crippen LogP contribution in [0.5, 0.6) is 0 Å². The van der Waals surface area contributed by atoms with Crippen molar-refractivity contribution in [1.82, 2.24) is 27.9 Å². The zero-order valence-electron chi connectivity index (χ0n) is 37.6. The van der Waals surface area contributed by atoms with Gasteiger partial charge in [0.2, 0.25) is 0 Å². The molecule has 0 radical (unpaired) electrons. The number of allylic oxidation sites excluding steroid dienone is 1. The van der Waals surface area contributed by atoms with Gasteiger partial charge in [-0.05, 0) is 121 Å². The fraction of sp³-hybridized carbons (Fsp3) is 0.0476. The van der Waals surface area contributed by atoms with Crippen molar-refractivity contribution < 1.29 is 0 Å². The molecule has 1 unspecified atom stereocenters.